The second kappa shape index (κ2) is 10.6. The van der Waals surface area contributed by atoms with E-state index < -0.39 is 12.5 Å². The van der Waals surface area contributed by atoms with Gasteiger partial charge >= 0.3 is 6.36 Å². The van der Waals surface area contributed by atoms with E-state index in [0.717, 1.165) is 5.56 Å². The predicted octanol–water partition coefficient (Wildman–Crippen LogP) is 4.16. The average molecular weight is 484 g/mol. The van der Waals surface area contributed by atoms with E-state index in [0.29, 0.717) is 35.5 Å². The number of aliphatic hydroxyl groups is 1. The Morgan fingerprint density at radius 3 is 2.51 bits per heavy atom. The Balaban J connectivity index is 1.42. The molecule has 1 atom stereocenters. The highest BCUT2D eigenvalue weighted by Gasteiger charge is 2.31. The molecule has 0 radical (unpaired) electrons. The number of ether oxygens (including phenoxy) is 1. The third kappa shape index (κ3) is 6.57. The van der Waals surface area contributed by atoms with Crippen molar-refractivity contribution >= 4 is 17.1 Å². The highest BCUT2D eigenvalue weighted by atomic mass is 19.4. The van der Waals surface area contributed by atoms with Gasteiger partial charge in [-0.05, 0) is 35.4 Å². The SMILES string of the molecule is O=C(CCc1nc2cccnc2n1Cc1ccc(OC(F)(F)F)cc1)NC[C@H](O)c1ccccc1. The molecule has 0 aliphatic rings. The summed E-state index contributed by atoms with van der Waals surface area (Å²) >= 11 is 0. The van der Waals surface area contributed by atoms with Gasteiger partial charge in [-0.2, -0.15) is 0 Å². The fourth-order valence-corrected chi connectivity index (χ4v) is 3.66. The number of hydrogen-bond acceptors (Lipinski definition) is 5. The second-order valence-electron chi connectivity index (χ2n) is 7.88. The van der Waals surface area contributed by atoms with Gasteiger partial charge in [0.05, 0.1) is 12.6 Å². The van der Waals surface area contributed by atoms with Gasteiger partial charge in [-0.1, -0.05) is 42.5 Å². The maximum absolute atomic E-state index is 12.4. The van der Waals surface area contributed by atoms with Crippen molar-refractivity contribution in [1.82, 2.24) is 19.9 Å². The molecule has 4 rings (SSSR count). The summed E-state index contributed by atoms with van der Waals surface area (Å²) in [6, 6.07) is 18.2. The zero-order valence-electron chi connectivity index (χ0n) is 18.6. The number of fused-ring (bicyclic) bond motifs is 1. The maximum atomic E-state index is 12.4. The van der Waals surface area contributed by atoms with Gasteiger partial charge in [0, 0.05) is 25.6 Å². The Bertz CT molecular complexity index is 1270. The van der Waals surface area contributed by atoms with E-state index in [1.165, 1.54) is 24.3 Å². The van der Waals surface area contributed by atoms with Gasteiger partial charge in [0.1, 0.15) is 17.1 Å². The lowest BCUT2D eigenvalue weighted by atomic mass is 10.1. The highest BCUT2D eigenvalue weighted by Crippen LogP contribution is 2.24. The van der Waals surface area contributed by atoms with E-state index in [-0.39, 0.29) is 24.6 Å². The number of amides is 1. The molecule has 0 bridgehead atoms. The summed E-state index contributed by atoms with van der Waals surface area (Å²) in [6.45, 7) is 0.399. The van der Waals surface area contributed by atoms with Crippen LogP contribution in [0.2, 0.25) is 0 Å². The Labute approximate surface area is 199 Å². The quantitative estimate of drug-likeness (QED) is 0.373. The van der Waals surface area contributed by atoms with Gasteiger partial charge in [-0.25, -0.2) is 9.97 Å². The summed E-state index contributed by atoms with van der Waals surface area (Å²) in [4.78, 5) is 21.4. The lowest BCUT2D eigenvalue weighted by molar-refractivity contribution is -0.274. The van der Waals surface area contributed by atoms with Gasteiger partial charge < -0.3 is 19.7 Å². The minimum Gasteiger partial charge on any atom is -0.406 e. The number of halogens is 3. The van der Waals surface area contributed by atoms with Crippen molar-refractivity contribution in [3.05, 3.63) is 89.9 Å². The third-order valence-electron chi connectivity index (χ3n) is 5.33. The number of pyridine rings is 1. The van der Waals surface area contributed by atoms with Crippen LogP contribution in [0.15, 0.2) is 72.9 Å². The number of aryl methyl sites for hydroxylation is 1. The van der Waals surface area contributed by atoms with Crippen molar-refractivity contribution in [2.45, 2.75) is 31.9 Å². The Morgan fingerprint density at radius 2 is 1.80 bits per heavy atom. The van der Waals surface area contributed by atoms with Crippen molar-refractivity contribution in [3.8, 4) is 5.75 Å². The highest BCUT2D eigenvalue weighted by molar-refractivity contribution is 5.76. The van der Waals surface area contributed by atoms with Gasteiger partial charge in [0.2, 0.25) is 5.91 Å². The van der Waals surface area contributed by atoms with Crippen LogP contribution in [0.4, 0.5) is 13.2 Å². The fourth-order valence-electron chi connectivity index (χ4n) is 3.66. The zero-order valence-corrected chi connectivity index (χ0v) is 18.6. The minimum atomic E-state index is -4.75. The van der Waals surface area contributed by atoms with Crippen molar-refractivity contribution in [2.24, 2.45) is 0 Å². The largest absolute Gasteiger partial charge is 0.573 e. The van der Waals surface area contributed by atoms with Crippen molar-refractivity contribution in [2.75, 3.05) is 6.54 Å². The lowest BCUT2D eigenvalue weighted by Crippen LogP contribution is -2.28. The molecule has 0 saturated heterocycles. The molecular weight excluding hydrogens is 461 g/mol. The molecule has 0 fully saturated rings. The van der Waals surface area contributed by atoms with E-state index in [4.69, 9.17) is 0 Å². The van der Waals surface area contributed by atoms with E-state index in [1.54, 1.807) is 30.5 Å². The molecule has 7 nitrogen and oxygen atoms in total. The molecule has 35 heavy (non-hydrogen) atoms. The minimum absolute atomic E-state index is 0.0904. The summed E-state index contributed by atoms with van der Waals surface area (Å²) in [7, 11) is 0. The number of rotatable bonds is 9. The monoisotopic (exact) mass is 484 g/mol. The average Bonchev–Trinajstić information content (AvgIpc) is 3.19. The number of carbonyl (C=O) groups is 1. The van der Waals surface area contributed by atoms with Gasteiger partial charge in [-0.15, -0.1) is 13.2 Å². The topological polar surface area (TPSA) is 89.3 Å². The standard InChI is InChI=1S/C25H23F3N4O3/c26-25(27,28)35-19-10-8-17(9-11-19)16-32-22(31-20-7-4-14-29-24(20)32)12-13-23(34)30-15-21(33)18-5-2-1-3-6-18/h1-11,14,21,33H,12-13,15-16H2,(H,30,34)/t21-/m0/s1. The Morgan fingerprint density at radius 1 is 1.06 bits per heavy atom. The van der Waals surface area contributed by atoms with E-state index in [9.17, 15) is 23.1 Å². The number of nitrogens with zero attached hydrogens (tertiary/aromatic N) is 3. The van der Waals surface area contributed by atoms with Crippen molar-refractivity contribution < 1.29 is 27.8 Å². The van der Waals surface area contributed by atoms with Crippen molar-refractivity contribution in [3.63, 3.8) is 0 Å². The van der Waals surface area contributed by atoms with E-state index in [2.05, 4.69) is 20.0 Å². The molecule has 2 aromatic carbocycles. The second-order valence-corrected chi connectivity index (χ2v) is 7.88. The molecule has 0 unspecified atom stereocenters. The normalized spacial score (nSPS) is 12.5. The maximum Gasteiger partial charge on any atom is 0.573 e. The molecule has 4 aromatic rings. The zero-order chi connectivity index (χ0) is 24.8. The molecule has 182 valence electrons. The van der Waals surface area contributed by atoms with Crippen LogP contribution in [-0.4, -0.2) is 38.5 Å². The third-order valence-corrected chi connectivity index (χ3v) is 5.33. The summed E-state index contributed by atoms with van der Waals surface area (Å²) in [5.74, 6) is 0.0812. The molecule has 0 aliphatic heterocycles. The first kappa shape index (κ1) is 24.2. The number of imidazole rings is 1. The molecule has 0 saturated carbocycles. The first-order valence-electron chi connectivity index (χ1n) is 10.9. The van der Waals surface area contributed by atoms with Crippen LogP contribution in [0.25, 0.3) is 11.2 Å². The van der Waals surface area contributed by atoms with Crippen LogP contribution >= 0.6 is 0 Å². The van der Waals surface area contributed by atoms with Crippen LogP contribution in [-0.2, 0) is 17.8 Å². The van der Waals surface area contributed by atoms with E-state index in [1.807, 2.05) is 22.8 Å². The first-order valence-corrected chi connectivity index (χ1v) is 10.9. The smallest absolute Gasteiger partial charge is 0.406 e. The van der Waals surface area contributed by atoms with Crippen LogP contribution in [0.1, 0.15) is 29.5 Å². The number of benzene rings is 2. The summed E-state index contributed by atoms with van der Waals surface area (Å²) in [6.07, 6.45) is -3.47. The van der Waals surface area contributed by atoms with Gasteiger partial charge in [0.25, 0.3) is 0 Å². The molecule has 10 heteroatoms. The Kier molecular flexibility index (Phi) is 7.31. The van der Waals surface area contributed by atoms with Crippen LogP contribution in [0.5, 0.6) is 5.75 Å². The van der Waals surface area contributed by atoms with Crippen LogP contribution in [0, 0.1) is 0 Å². The molecule has 0 aliphatic carbocycles. The number of nitrogens with one attached hydrogen (secondary N) is 1. The molecule has 2 N–H and O–H groups in total. The predicted molar refractivity (Wildman–Crippen MR) is 122 cm³/mol. The van der Waals surface area contributed by atoms with Gasteiger partial charge in [-0.3, -0.25) is 4.79 Å². The summed E-state index contributed by atoms with van der Waals surface area (Å²) in [5.41, 5.74) is 2.70. The number of aromatic nitrogens is 3. The Hall–Kier alpha value is -3.92. The number of alkyl halides is 3. The fraction of sp³-hybridized carbons (Fsp3) is 0.240. The number of aliphatic hydroxyl groups excluding tert-OH is 1. The van der Waals surface area contributed by atoms with Crippen LogP contribution in [0.3, 0.4) is 0 Å². The molecule has 1 amide bonds. The lowest BCUT2D eigenvalue weighted by Gasteiger charge is -2.13. The van der Waals surface area contributed by atoms with E-state index >= 15 is 0 Å². The summed E-state index contributed by atoms with van der Waals surface area (Å²) < 4.78 is 43.0. The number of hydrogen-bond donors (Lipinski definition) is 2. The van der Waals surface area contributed by atoms with Crippen LogP contribution < -0.4 is 10.1 Å². The van der Waals surface area contributed by atoms with Gasteiger partial charge in [0.15, 0.2) is 5.65 Å². The molecule has 2 heterocycles. The molecular formula is C25H23F3N4O3. The first-order chi connectivity index (χ1) is 16.8. The van der Waals surface area contributed by atoms with Crippen molar-refractivity contribution in [1.29, 1.82) is 0 Å². The number of carbonyl (C=O) groups excluding carboxylic acids is 1. The molecule has 0 spiro atoms. The molecule has 2 aromatic heterocycles. The summed E-state index contributed by atoms with van der Waals surface area (Å²) in [5, 5.41) is 13.0.